The Morgan fingerprint density at radius 2 is 2.07 bits per heavy atom. The van der Waals surface area contributed by atoms with E-state index in [-0.39, 0.29) is 17.1 Å². The lowest BCUT2D eigenvalue weighted by Crippen LogP contribution is -2.10. The third-order valence-electron chi connectivity index (χ3n) is 2.06. The molecule has 3 N–H and O–H groups in total. The third-order valence-corrected chi connectivity index (χ3v) is 2.06. The van der Waals surface area contributed by atoms with Gasteiger partial charge in [0.2, 0.25) is 0 Å². The second-order valence-electron chi connectivity index (χ2n) is 3.13. The molecule has 1 atom stereocenters. The molecule has 0 aliphatic carbocycles. The van der Waals surface area contributed by atoms with Crippen molar-refractivity contribution in [3.63, 3.8) is 0 Å². The highest BCUT2D eigenvalue weighted by Gasteiger charge is 2.18. The number of methoxy groups -OCH3 is 1. The average Bonchev–Trinajstić information content (AvgIpc) is 2.20. The van der Waals surface area contributed by atoms with Crippen LogP contribution in [0.3, 0.4) is 0 Å². The average molecular weight is 212 g/mol. The second-order valence-corrected chi connectivity index (χ2v) is 3.13. The molecule has 0 aromatic heterocycles. The van der Waals surface area contributed by atoms with Gasteiger partial charge >= 0.3 is 5.97 Å². The van der Waals surface area contributed by atoms with Gasteiger partial charge in [-0.05, 0) is 30.2 Å². The first kappa shape index (κ1) is 11.3. The van der Waals surface area contributed by atoms with Gasteiger partial charge in [-0.3, -0.25) is 0 Å². The molecule has 5 heteroatoms. The summed E-state index contributed by atoms with van der Waals surface area (Å²) in [7, 11) is 1.35. The Morgan fingerprint density at radius 1 is 1.47 bits per heavy atom. The maximum absolute atomic E-state index is 10.5. The Hall–Kier alpha value is -1.75. The summed E-state index contributed by atoms with van der Waals surface area (Å²) in [6, 6.07) is 2.69. The number of carbonyl (C=O) groups is 1. The summed E-state index contributed by atoms with van der Waals surface area (Å²) in [6.07, 6.45) is -1.61. The lowest BCUT2D eigenvalue weighted by molar-refractivity contribution is -0.146. The summed E-state index contributed by atoms with van der Waals surface area (Å²) in [5.74, 6) is -1.26. The molecule has 0 aliphatic rings. The maximum Gasteiger partial charge on any atom is 0.337 e. The lowest BCUT2D eigenvalue weighted by Gasteiger charge is -2.11. The van der Waals surface area contributed by atoms with Gasteiger partial charge < -0.3 is 20.1 Å². The van der Waals surface area contributed by atoms with Gasteiger partial charge in [0.15, 0.2) is 17.6 Å². The number of aliphatic hydroxyl groups is 1. The van der Waals surface area contributed by atoms with E-state index < -0.39 is 12.1 Å². The minimum absolute atomic E-state index is 0.0566. The number of aliphatic carboxylic acids is 1. The molecular formula is C10H12O5. The monoisotopic (exact) mass is 212 g/mol. The van der Waals surface area contributed by atoms with Crippen LogP contribution in [0.1, 0.15) is 17.2 Å². The Balaban J connectivity index is 3.22. The number of carboxylic acid groups (broad SMARTS) is 1. The third kappa shape index (κ3) is 2.19. The number of phenols is 1. The summed E-state index contributed by atoms with van der Waals surface area (Å²) in [6.45, 7) is 1.59. The van der Waals surface area contributed by atoms with E-state index >= 15 is 0 Å². The Labute approximate surface area is 86.5 Å². The number of ether oxygens (including phenoxy) is 1. The van der Waals surface area contributed by atoms with E-state index in [0.717, 1.165) is 0 Å². The van der Waals surface area contributed by atoms with Crippen molar-refractivity contribution >= 4 is 5.97 Å². The summed E-state index contributed by atoms with van der Waals surface area (Å²) in [4.78, 5) is 10.5. The topological polar surface area (TPSA) is 87.0 Å². The molecule has 1 aromatic carbocycles. The summed E-state index contributed by atoms with van der Waals surface area (Å²) < 4.78 is 4.84. The zero-order valence-corrected chi connectivity index (χ0v) is 8.39. The number of rotatable bonds is 3. The molecule has 82 valence electrons. The van der Waals surface area contributed by atoms with Crippen molar-refractivity contribution in [3.05, 3.63) is 23.3 Å². The Morgan fingerprint density at radius 3 is 2.53 bits per heavy atom. The molecule has 1 aromatic rings. The number of aromatic hydroxyl groups is 1. The predicted octanol–water partition coefficient (Wildman–Crippen LogP) is 0.827. The van der Waals surface area contributed by atoms with Crippen LogP contribution in [-0.2, 0) is 4.79 Å². The van der Waals surface area contributed by atoms with Crippen molar-refractivity contribution in [1.29, 1.82) is 0 Å². The normalized spacial score (nSPS) is 12.2. The molecule has 0 radical (unpaired) electrons. The molecule has 0 bridgehead atoms. The fourth-order valence-corrected chi connectivity index (χ4v) is 1.23. The number of benzene rings is 1. The van der Waals surface area contributed by atoms with Gasteiger partial charge in [-0.1, -0.05) is 0 Å². The quantitative estimate of drug-likeness (QED) is 0.690. The van der Waals surface area contributed by atoms with E-state index in [9.17, 15) is 15.0 Å². The van der Waals surface area contributed by atoms with E-state index in [1.165, 1.54) is 19.2 Å². The van der Waals surface area contributed by atoms with E-state index in [4.69, 9.17) is 9.84 Å². The van der Waals surface area contributed by atoms with Gasteiger partial charge in [-0.25, -0.2) is 4.79 Å². The molecular weight excluding hydrogens is 200 g/mol. The van der Waals surface area contributed by atoms with Crippen molar-refractivity contribution in [3.8, 4) is 11.5 Å². The molecule has 0 fully saturated rings. The van der Waals surface area contributed by atoms with Crippen molar-refractivity contribution < 1.29 is 24.9 Å². The van der Waals surface area contributed by atoms with E-state index in [1.807, 2.05) is 0 Å². The van der Waals surface area contributed by atoms with Crippen LogP contribution in [0.4, 0.5) is 0 Å². The molecule has 0 amide bonds. The summed E-state index contributed by atoms with van der Waals surface area (Å²) in [5.41, 5.74) is 0.624. The SMILES string of the molecule is COc1cc(C(O)C(=O)O)cc(C)c1O. The van der Waals surface area contributed by atoms with Crippen LogP contribution in [0.25, 0.3) is 0 Å². The molecule has 0 saturated carbocycles. The highest BCUT2D eigenvalue weighted by molar-refractivity contribution is 5.74. The molecule has 1 unspecified atom stereocenters. The minimum atomic E-state index is -1.61. The zero-order chi connectivity index (χ0) is 11.6. The van der Waals surface area contributed by atoms with Crippen molar-refractivity contribution in [2.75, 3.05) is 7.11 Å². The van der Waals surface area contributed by atoms with E-state index in [0.29, 0.717) is 5.56 Å². The molecule has 5 nitrogen and oxygen atoms in total. The second kappa shape index (κ2) is 4.18. The van der Waals surface area contributed by atoms with E-state index in [1.54, 1.807) is 6.92 Å². The van der Waals surface area contributed by atoms with Gasteiger partial charge in [0, 0.05) is 0 Å². The molecule has 0 spiro atoms. The first-order chi connectivity index (χ1) is 6.97. The van der Waals surface area contributed by atoms with Crippen LogP contribution in [0.15, 0.2) is 12.1 Å². The molecule has 0 saturated heterocycles. The highest BCUT2D eigenvalue weighted by Crippen LogP contribution is 2.32. The molecule has 0 aliphatic heterocycles. The van der Waals surface area contributed by atoms with Crippen molar-refractivity contribution in [2.24, 2.45) is 0 Å². The number of hydrogen-bond acceptors (Lipinski definition) is 4. The van der Waals surface area contributed by atoms with Crippen LogP contribution in [0.2, 0.25) is 0 Å². The number of carboxylic acids is 1. The minimum Gasteiger partial charge on any atom is -0.504 e. The number of aryl methyl sites for hydroxylation is 1. The van der Waals surface area contributed by atoms with E-state index in [2.05, 4.69) is 0 Å². The number of hydrogen-bond donors (Lipinski definition) is 3. The summed E-state index contributed by atoms with van der Waals surface area (Å²) >= 11 is 0. The fraction of sp³-hybridized carbons (Fsp3) is 0.300. The zero-order valence-electron chi connectivity index (χ0n) is 8.39. The van der Waals surface area contributed by atoms with Gasteiger partial charge in [0.05, 0.1) is 7.11 Å². The van der Waals surface area contributed by atoms with Gasteiger partial charge in [0.1, 0.15) is 0 Å². The summed E-state index contributed by atoms with van der Waals surface area (Å²) in [5, 5.41) is 27.4. The van der Waals surface area contributed by atoms with Crippen LogP contribution in [0.5, 0.6) is 11.5 Å². The Kier molecular flexibility index (Phi) is 3.16. The highest BCUT2D eigenvalue weighted by atomic mass is 16.5. The van der Waals surface area contributed by atoms with Crippen molar-refractivity contribution in [1.82, 2.24) is 0 Å². The lowest BCUT2D eigenvalue weighted by atomic mass is 10.1. The number of aliphatic hydroxyl groups excluding tert-OH is 1. The van der Waals surface area contributed by atoms with Crippen LogP contribution >= 0.6 is 0 Å². The fourth-order valence-electron chi connectivity index (χ4n) is 1.23. The Bertz CT molecular complexity index is 386. The van der Waals surface area contributed by atoms with Crippen LogP contribution < -0.4 is 4.74 Å². The molecule has 0 heterocycles. The largest absolute Gasteiger partial charge is 0.504 e. The molecule has 1 rings (SSSR count). The first-order valence-electron chi connectivity index (χ1n) is 4.25. The van der Waals surface area contributed by atoms with Crippen LogP contribution in [0, 0.1) is 6.92 Å². The smallest absolute Gasteiger partial charge is 0.337 e. The van der Waals surface area contributed by atoms with Crippen LogP contribution in [-0.4, -0.2) is 28.4 Å². The standard InChI is InChI=1S/C10H12O5/c1-5-3-6(9(12)10(13)14)4-7(15-2)8(5)11/h3-4,9,11-12H,1-2H3,(H,13,14). The van der Waals surface area contributed by atoms with Gasteiger partial charge in [-0.15, -0.1) is 0 Å². The van der Waals surface area contributed by atoms with Gasteiger partial charge in [0.25, 0.3) is 0 Å². The number of phenolic OH excluding ortho intramolecular Hbond substituents is 1. The van der Waals surface area contributed by atoms with Crippen molar-refractivity contribution in [2.45, 2.75) is 13.0 Å². The van der Waals surface area contributed by atoms with Gasteiger partial charge in [-0.2, -0.15) is 0 Å². The maximum atomic E-state index is 10.5. The molecule has 15 heavy (non-hydrogen) atoms. The predicted molar refractivity (Wildman–Crippen MR) is 52.0 cm³/mol. The first-order valence-corrected chi connectivity index (χ1v) is 4.25.